The molecular formula is C28H25FN6O2. The van der Waals surface area contributed by atoms with Crippen LogP contribution in [-0.4, -0.2) is 59.0 Å². The van der Waals surface area contributed by atoms with Crippen LogP contribution in [0.25, 0.3) is 21.8 Å². The second kappa shape index (κ2) is 9.51. The van der Waals surface area contributed by atoms with E-state index in [4.69, 9.17) is 4.74 Å². The smallest absolute Gasteiger partial charge is 0.256 e. The molecule has 0 aliphatic carbocycles. The molecule has 8 nitrogen and oxygen atoms in total. The lowest BCUT2D eigenvalue weighted by atomic mass is 10.0. The minimum atomic E-state index is -0.344. The third-order valence-electron chi connectivity index (χ3n) is 6.68. The molecule has 2 aromatic heterocycles. The van der Waals surface area contributed by atoms with Crippen molar-refractivity contribution in [3.63, 3.8) is 0 Å². The Balaban J connectivity index is 1.21. The number of amides is 1. The van der Waals surface area contributed by atoms with E-state index in [-0.39, 0.29) is 11.7 Å². The van der Waals surface area contributed by atoms with Crippen LogP contribution < -0.4 is 15.0 Å². The molecule has 2 N–H and O–H groups in total. The van der Waals surface area contributed by atoms with Crippen molar-refractivity contribution < 1.29 is 13.9 Å². The minimum Gasteiger partial charge on any atom is -0.438 e. The Morgan fingerprint density at radius 3 is 2.70 bits per heavy atom. The van der Waals surface area contributed by atoms with E-state index in [0.717, 1.165) is 42.3 Å². The number of anilines is 2. The Labute approximate surface area is 212 Å². The van der Waals surface area contributed by atoms with E-state index >= 15 is 0 Å². The number of rotatable bonds is 5. The number of aromatic nitrogens is 3. The molecule has 1 amide bonds. The van der Waals surface area contributed by atoms with Crippen LogP contribution in [0, 0.1) is 5.82 Å². The summed E-state index contributed by atoms with van der Waals surface area (Å²) in [6.45, 7) is 3.32. The zero-order chi connectivity index (χ0) is 25.4. The van der Waals surface area contributed by atoms with Gasteiger partial charge in [0.05, 0.1) is 11.1 Å². The predicted octanol–water partition coefficient (Wildman–Crippen LogP) is 5.05. The Morgan fingerprint density at radius 1 is 1.00 bits per heavy atom. The van der Waals surface area contributed by atoms with Gasteiger partial charge in [0.15, 0.2) is 0 Å². The van der Waals surface area contributed by atoms with Crippen LogP contribution in [0.15, 0.2) is 73.2 Å². The fraction of sp³-hybridized carbons (Fsp3) is 0.179. The average molecular weight is 497 g/mol. The number of ether oxygens (including phenoxy) is 1. The van der Waals surface area contributed by atoms with Crippen LogP contribution in [-0.2, 0) is 0 Å². The van der Waals surface area contributed by atoms with Crippen molar-refractivity contribution in [3.8, 4) is 11.6 Å². The number of nitrogens with one attached hydrogen (secondary N) is 2. The van der Waals surface area contributed by atoms with E-state index in [1.54, 1.807) is 30.5 Å². The van der Waals surface area contributed by atoms with Gasteiger partial charge in [-0.3, -0.25) is 4.79 Å². The summed E-state index contributed by atoms with van der Waals surface area (Å²) < 4.78 is 20.9. The number of carbonyl (C=O) groups excluding carboxylic acids is 1. The summed E-state index contributed by atoms with van der Waals surface area (Å²) in [6.07, 6.45) is 3.22. The molecule has 37 heavy (non-hydrogen) atoms. The van der Waals surface area contributed by atoms with E-state index in [1.807, 2.05) is 35.2 Å². The lowest BCUT2D eigenvalue weighted by Gasteiger charge is -2.34. The van der Waals surface area contributed by atoms with Crippen LogP contribution in [0.1, 0.15) is 10.4 Å². The number of H-pyrrole nitrogens is 1. The number of hydrogen-bond acceptors (Lipinski definition) is 6. The van der Waals surface area contributed by atoms with Crippen molar-refractivity contribution in [1.29, 1.82) is 0 Å². The number of benzene rings is 3. The fourth-order valence-electron chi connectivity index (χ4n) is 4.65. The maximum atomic E-state index is 14.9. The molecule has 186 valence electrons. The Bertz CT molecular complexity index is 1610. The van der Waals surface area contributed by atoms with Crippen LogP contribution in [0.3, 0.4) is 0 Å². The average Bonchev–Trinajstić information content (AvgIpc) is 3.39. The lowest BCUT2D eigenvalue weighted by molar-refractivity contribution is 0.102. The predicted molar refractivity (Wildman–Crippen MR) is 142 cm³/mol. The molecule has 0 saturated carbocycles. The number of piperazine rings is 1. The highest BCUT2D eigenvalue weighted by molar-refractivity contribution is 6.13. The van der Waals surface area contributed by atoms with Crippen LogP contribution in [0.4, 0.5) is 15.8 Å². The summed E-state index contributed by atoms with van der Waals surface area (Å²) in [6, 6.07) is 17.7. The molecule has 1 saturated heterocycles. The molecule has 0 spiro atoms. The minimum absolute atomic E-state index is 0.309. The molecule has 5 aromatic rings. The first-order valence-corrected chi connectivity index (χ1v) is 12.1. The van der Waals surface area contributed by atoms with E-state index < -0.39 is 0 Å². The number of hydrogen-bond donors (Lipinski definition) is 2. The van der Waals surface area contributed by atoms with Gasteiger partial charge < -0.3 is 24.8 Å². The first-order valence-electron chi connectivity index (χ1n) is 12.1. The first kappa shape index (κ1) is 22.9. The highest BCUT2D eigenvalue weighted by Crippen LogP contribution is 2.30. The summed E-state index contributed by atoms with van der Waals surface area (Å²) in [4.78, 5) is 28.9. The molecule has 0 atom stereocenters. The first-order chi connectivity index (χ1) is 18.0. The van der Waals surface area contributed by atoms with Crippen molar-refractivity contribution in [2.24, 2.45) is 0 Å². The summed E-state index contributed by atoms with van der Waals surface area (Å²) in [5.74, 6) is 0.383. The van der Waals surface area contributed by atoms with Gasteiger partial charge >= 0.3 is 0 Å². The maximum Gasteiger partial charge on any atom is 0.256 e. The van der Waals surface area contributed by atoms with E-state index in [2.05, 4.69) is 32.2 Å². The van der Waals surface area contributed by atoms with Gasteiger partial charge in [-0.25, -0.2) is 14.4 Å². The van der Waals surface area contributed by atoms with Gasteiger partial charge in [-0.1, -0.05) is 12.1 Å². The van der Waals surface area contributed by atoms with Gasteiger partial charge in [0.1, 0.15) is 23.5 Å². The number of fused-ring (bicyclic) bond motifs is 2. The van der Waals surface area contributed by atoms with Gasteiger partial charge in [0.25, 0.3) is 5.91 Å². The van der Waals surface area contributed by atoms with E-state index in [1.165, 1.54) is 12.4 Å². The number of likely N-dealkylation sites (N-methyl/N-ethyl adjacent to an activating group) is 1. The summed E-state index contributed by atoms with van der Waals surface area (Å²) >= 11 is 0. The third kappa shape index (κ3) is 4.56. The highest BCUT2D eigenvalue weighted by Gasteiger charge is 2.18. The summed E-state index contributed by atoms with van der Waals surface area (Å²) in [5.41, 5.74) is 2.15. The van der Waals surface area contributed by atoms with Crippen LogP contribution >= 0.6 is 0 Å². The number of aromatic amines is 1. The van der Waals surface area contributed by atoms with Crippen molar-refractivity contribution in [2.75, 3.05) is 43.4 Å². The molecule has 0 radical (unpaired) electrons. The number of halogens is 1. The van der Waals surface area contributed by atoms with E-state index in [9.17, 15) is 9.18 Å². The molecular weight excluding hydrogens is 471 g/mol. The van der Waals surface area contributed by atoms with Crippen LogP contribution in [0.5, 0.6) is 11.6 Å². The molecule has 3 heterocycles. The van der Waals surface area contributed by atoms with Crippen molar-refractivity contribution in [3.05, 3.63) is 84.6 Å². The molecule has 9 heteroatoms. The van der Waals surface area contributed by atoms with Crippen LogP contribution in [0.2, 0.25) is 0 Å². The second-order valence-electron chi connectivity index (χ2n) is 9.12. The SMILES string of the molecule is CN1CCN(c2ccc(NC(=O)c3cccc4cc(Oc5ncnc6[nH]ccc56)ccc34)cc2F)CC1. The Kier molecular flexibility index (Phi) is 5.90. The quantitative estimate of drug-likeness (QED) is 0.354. The normalized spacial score (nSPS) is 14.3. The number of carbonyl (C=O) groups is 1. The molecule has 1 aliphatic heterocycles. The summed E-state index contributed by atoms with van der Waals surface area (Å²) in [5, 5.41) is 5.22. The molecule has 6 rings (SSSR count). The third-order valence-corrected chi connectivity index (χ3v) is 6.68. The maximum absolute atomic E-state index is 14.9. The lowest BCUT2D eigenvalue weighted by Crippen LogP contribution is -2.44. The van der Waals surface area contributed by atoms with Gasteiger partial charge in [0.2, 0.25) is 5.88 Å². The summed E-state index contributed by atoms with van der Waals surface area (Å²) in [7, 11) is 2.06. The highest BCUT2D eigenvalue weighted by atomic mass is 19.1. The van der Waals surface area contributed by atoms with Crippen molar-refractivity contribution >= 4 is 39.1 Å². The van der Waals surface area contributed by atoms with Gasteiger partial charge in [-0.2, -0.15) is 0 Å². The second-order valence-corrected chi connectivity index (χ2v) is 9.12. The van der Waals surface area contributed by atoms with Gasteiger partial charge in [-0.15, -0.1) is 0 Å². The molecule has 3 aromatic carbocycles. The molecule has 0 unspecified atom stereocenters. The monoisotopic (exact) mass is 496 g/mol. The number of nitrogens with zero attached hydrogens (tertiary/aromatic N) is 4. The zero-order valence-electron chi connectivity index (χ0n) is 20.2. The van der Waals surface area contributed by atoms with Crippen molar-refractivity contribution in [1.82, 2.24) is 19.9 Å². The molecule has 1 fully saturated rings. The Hall–Kier alpha value is -4.50. The molecule has 1 aliphatic rings. The van der Waals surface area contributed by atoms with Crippen molar-refractivity contribution in [2.45, 2.75) is 0 Å². The standard InChI is InChI=1S/C28H25FN6O2/c1-34-11-13-35(14-12-34)25-8-5-19(16-24(25)29)33-27(36)22-4-2-3-18-15-20(6-7-21(18)22)37-28-23-9-10-30-26(23)31-17-32-28/h2-10,15-17H,11-14H2,1H3,(H,33,36)(H,30,31,32). The van der Waals surface area contributed by atoms with Gasteiger partial charge in [0, 0.05) is 43.6 Å². The fourth-order valence-corrected chi connectivity index (χ4v) is 4.65. The Morgan fingerprint density at radius 2 is 1.86 bits per heavy atom. The topological polar surface area (TPSA) is 86.4 Å². The molecule has 0 bridgehead atoms. The van der Waals surface area contributed by atoms with E-state index in [0.29, 0.717) is 34.2 Å². The van der Waals surface area contributed by atoms with Gasteiger partial charge in [-0.05, 0) is 66.4 Å². The zero-order valence-corrected chi connectivity index (χ0v) is 20.2. The largest absolute Gasteiger partial charge is 0.438 e.